The molecule has 0 aliphatic carbocycles. The minimum atomic E-state index is -2.95. The highest BCUT2D eigenvalue weighted by atomic mass is 79.9. The standard InChI is InChI=1S/C17H22BrF2N3O3/c18-10-17(19,20)7-6-14(24)22-13-9-21-11-16(13,23-15(25)26)8-12-4-2-1-3-5-12/h1-5,13,21,23H,6-11H2,(H,22,24)(H,25,26)/t13-,16-/m0/s1. The molecule has 1 aliphatic rings. The van der Waals surface area contributed by atoms with Gasteiger partial charge in [0, 0.05) is 25.9 Å². The van der Waals surface area contributed by atoms with E-state index in [9.17, 15) is 23.5 Å². The van der Waals surface area contributed by atoms with Gasteiger partial charge in [-0.05, 0) is 12.0 Å². The van der Waals surface area contributed by atoms with E-state index in [2.05, 4.69) is 31.9 Å². The second kappa shape index (κ2) is 8.77. The highest BCUT2D eigenvalue weighted by molar-refractivity contribution is 9.09. The molecule has 0 radical (unpaired) electrons. The Hall–Kier alpha value is -1.74. The van der Waals surface area contributed by atoms with Crippen LogP contribution in [0.5, 0.6) is 0 Å². The van der Waals surface area contributed by atoms with Crippen LogP contribution >= 0.6 is 15.9 Å². The van der Waals surface area contributed by atoms with Gasteiger partial charge in [0.25, 0.3) is 5.92 Å². The van der Waals surface area contributed by atoms with Crippen LogP contribution in [0.4, 0.5) is 13.6 Å². The van der Waals surface area contributed by atoms with E-state index in [-0.39, 0.29) is 6.42 Å². The van der Waals surface area contributed by atoms with Gasteiger partial charge in [-0.25, -0.2) is 13.6 Å². The molecule has 0 aromatic heterocycles. The van der Waals surface area contributed by atoms with Crippen molar-refractivity contribution in [2.45, 2.75) is 36.8 Å². The molecule has 2 amide bonds. The monoisotopic (exact) mass is 433 g/mol. The summed E-state index contributed by atoms with van der Waals surface area (Å²) in [4.78, 5) is 23.4. The van der Waals surface area contributed by atoms with Crippen LogP contribution in [0.15, 0.2) is 30.3 Å². The van der Waals surface area contributed by atoms with Crippen molar-refractivity contribution in [2.24, 2.45) is 0 Å². The maximum Gasteiger partial charge on any atom is 0.405 e. The fourth-order valence-electron chi connectivity index (χ4n) is 3.11. The van der Waals surface area contributed by atoms with E-state index < -0.39 is 41.3 Å². The Morgan fingerprint density at radius 3 is 2.65 bits per heavy atom. The van der Waals surface area contributed by atoms with Gasteiger partial charge in [0.1, 0.15) is 0 Å². The SMILES string of the molecule is O=C(O)N[C@@]1(Cc2ccccc2)CNC[C@@H]1NC(=O)CCC(F)(F)CBr. The van der Waals surface area contributed by atoms with Crippen molar-refractivity contribution in [2.75, 3.05) is 18.4 Å². The molecule has 1 fully saturated rings. The van der Waals surface area contributed by atoms with E-state index in [1.165, 1.54) is 0 Å². The average molecular weight is 434 g/mol. The second-order valence-corrected chi connectivity index (χ2v) is 7.05. The van der Waals surface area contributed by atoms with Crippen LogP contribution in [0.2, 0.25) is 0 Å². The van der Waals surface area contributed by atoms with Gasteiger partial charge in [-0.15, -0.1) is 0 Å². The molecule has 1 heterocycles. The van der Waals surface area contributed by atoms with E-state index in [0.29, 0.717) is 19.5 Å². The first-order chi connectivity index (χ1) is 12.3. The Labute approximate surface area is 158 Å². The van der Waals surface area contributed by atoms with Gasteiger partial charge in [0.2, 0.25) is 5.91 Å². The summed E-state index contributed by atoms with van der Waals surface area (Å²) in [6, 6.07) is 8.77. The number of halogens is 3. The maximum atomic E-state index is 13.3. The number of amides is 2. The molecule has 0 unspecified atom stereocenters. The summed E-state index contributed by atoms with van der Waals surface area (Å²) in [5.41, 5.74) is -0.0316. The minimum Gasteiger partial charge on any atom is -0.465 e. The predicted octanol–water partition coefficient (Wildman–Crippen LogP) is 2.13. The molecule has 1 aliphatic heterocycles. The molecular formula is C17H22BrF2N3O3. The van der Waals surface area contributed by atoms with Crippen LogP contribution in [-0.4, -0.2) is 53.0 Å². The Morgan fingerprint density at radius 1 is 1.35 bits per heavy atom. The minimum absolute atomic E-state index is 0.330. The summed E-state index contributed by atoms with van der Waals surface area (Å²) >= 11 is 2.72. The van der Waals surface area contributed by atoms with Crippen LogP contribution < -0.4 is 16.0 Å². The Bertz CT molecular complexity index is 633. The number of nitrogens with one attached hydrogen (secondary N) is 3. The molecule has 0 spiro atoms. The number of alkyl halides is 3. The topological polar surface area (TPSA) is 90.5 Å². The van der Waals surface area contributed by atoms with Crippen molar-refractivity contribution in [1.82, 2.24) is 16.0 Å². The average Bonchev–Trinajstić information content (AvgIpc) is 2.95. The van der Waals surface area contributed by atoms with Gasteiger partial charge in [-0.1, -0.05) is 46.3 Å². The summed E-state index contributed by atoms with van der Waals surface area (Å²) in [6.07, 6.45) is -1.73. The lowest BCUT2D eigenvalue weighted by Crippen LogP contribution is -2.63. The smallest absolute Gasteiger partial charge is 0.405 e. The van der Waals surface area contributed by atoms with Gasteiger partial charge < -0.3 is 21.1 Å². The molecule has 2 atom stereocenters. The zero-order valence-corrected chi connectivity index (χ0v) is 15.7. The first-order valence-electron chi connectivity index (χ1n) is 8.25. The van der Waals surface area contributed by atoms with Gasteiger partial charge >= 0.3 is 6.09 Å². The third-order valence-electron chi connectivity index (χ3n) is 4.42. The van der Waals surface area contributed by atoms with E-state index in [0.717, 1.165) is 5.56 Å². The molecule has 0 saturated carbocycles. The summed E-state index contributed by atoms with van der Waals surface area (Å²) in [5.74, 6) is -3.48. The number of hydrogen-bond acceptors (Lipinski definition) is 3. The number of rotatable bonds is 8. The van der Waals surface area contributed by atoms with Crippen molar-refractivity contribution in [3.8, 4) is 0 Å². The zero-order chi connectivity index (χ0) is 19.2. The summed E-state index contributed by atoms with van der Waals surface area (Å²) in [6.45, 7) is 0.685. The molecule has 26 heavy (non-hydrogen) atoms. The molecule has 9 heteroatoms. The van der Waals surface area contributed by atoms with Crippen LogP contribution in [0.3, 0.4) is 0 Å². The number of carbonyl (C=O) groups is 2. The number of hydrogen-bond donors (Lipinski definition) is 4. The van der Waals surface area contributed by atoms with Gasteiger partial charge in [0.05, 0.1) is 16.9 Å². The fourth-order valence-corrected chi connectivity index (χ4v) is 3.39. The maximum absolute atomic E-state index is 13.3. The largest absolute Gasteiger partial charge is 0.465 e. The third kappa shape index (κ3) is 5.63. The summed E-state index contributed by atoms with van der Waals surface area (Å²) in [5, 5.41) is 17.1. The summed E-state index contributed by atoms with van der Waals surface area (Å²) < 4.78 is 26.6. The Morgan fingerprint density at radius 2 is 2.04 bits per heavy atom. The van der Waals surface area contributed by atoms with E-state index in [1.807, 2.05) is 30.3 Å². The van der Waals surface area contributed by atoms with Crippen molar-refractivity contribution in [3.05, 3.63) is 35.9 Å². The van der Waals surface area contributed by atoms with Crippen molar-refractivity contribution in [1.29, 1.82) is 0 Å². The molecule has 4 N–H and O–H groups in total. The molecular weight excluding hydrogens is 412 g/mol. The van der Waals surface area contributed by atoms with Crippen LogP contribution in [0, 0.1) is 0 Å². The molecule has 1 saturated heterocycles. The molecule has 0 bridgehead atoms. The number of carbonyl (C=O) groups excluding carboxylic acids is 1. The molecule has 1 aromatic rings. The van der Waals surface area contributed by atoms with Crippen LogP contribution in [0.25, 0.3) is 0 Å². The predicted molar refractivity (Wildman–Crippen MR) is 96.8 cm³/mol. The lowest BCUT2D eigenvalue weighted by Gasteiger charge is -2.35. The van der Waals surface area contributed by atoms with E-state index >= 15 is 0 Å². The van der Waals surface area contributed by atoms with Gasteiger partial charge in [-0.3, -0.25) is 4.79 Å². The fraction of sp³-hybridized carbons (Fsp3) is 0.529. The molecule has 2 rings (SSSR count). The lowest BCUT2D eigenvalue weighted by molar-refractivity contribution is -0.123. The number of benzene rings is 1. The first-order valence-corrected chi connectivity index (χ1v) is 9.37. The third-order valence-corrected chi connectivity index (χ3v) is 5.24. The molecule has 6 nitrogen and oxygen atoms in total. The van der Waals surface area contributed by atoms with E-state index in [1.54, 1.807) is 0 Å². The quantitative estimate of drug-likeness (QED) is 0.472. The van der Waals surface area contributed by atoms with Crippen LogP contribution in [0.1, 0.15) is 18.4 Å². The highest BCUT2D eigenvalue weighted by Crippen LogP contribution is 2.24. The second-order valence-electron chi connectivity index (χ2n) is 6.49. The Kier molecular flexibility index (Phi) is 6.94. The lowest BCUT2D eigenvalue weighted by atomic mass is 9.86. The zero-order valence-electron chi connectivity index (χ0n) is 14.1. The molecule has 144 valence electrons. The van der Waals surface area contributed by atoms with Gasteiger partial charge in [-0.2, -0.15) is 0 Å². The number of carboxylic acid groups (broad SMARTS) is 1. The van der Waals surface area contributed by atoms with Crippen molar-refractivity contribution >= 4 is 27.9 Å². The van der Waals surface area contributed by atoms with Crippen molar-refractivity contribution < 1.29 is 23.5 Å². The Balaban J connectivity index is 2.09. The first kappa shape index (κ1) is 20.6. The normalized spacial score (nSPS) is 22.8. The van der Waals surface area contributed by atoms with Crippen LogP contribution in [-0.2, 0) is 11.2 Å². The highest BCUT2D eigenvalue weighted by Gasteiger charge is 2.45. The van der Waals surface area contributed by atoms with Crippen molar-refractivity contribution in [3.63, 3.8) is 0 Å². The molecule has 1 aromatic carbocycles. The van der Waals surface area contributed by atoms with Gasteiger partial charge in [0.15, 0.2) is 0 Å². The summed E-state index contributed by atoms with van der Waals surface area (Å²) in [7, 11) is 0. The van der Waals surface area contributed by atoms with E-state index in [4.69, 9.17) is 0 Å².